The van der Waals surface area contributed by atoms with Gasteiger partial charge in [0.25, 0.3) is 5.91 Å². The zero-order valence-corrected chi connectivity index (χ0v) is 14.1. The van der Waals surface area contributed by atoms with Crippen LogP contribution < -0.4 is 15.4 Å². The highest BCUT2D eigenvalue weighted by molar-refractivity contribution is 6.32. The molecule has 2 N–H and O–H groups in total. The number of benzene rings is 2. The Kier molecular flexibility index (Phi) is 5.11. The third-order valence-electron chi connectivity index (χ3n) is 3.33. The monoisotopic (exact) mass is 354 g/mol. The summed E-state index contributed by atoms with van der Waals surface area (Å²) in [6.07, 6.45) is 1.52. The quantitative estimate of drug-likeness (QED) is 0.720. The molecular weight excluding hydrogens is 340 g/mol. The van der Waals surface area contributed by atoms with Crippen LogP contribution in [0.4, 0.5) is 17.3 Å². The van der Waals surface area contributed by atoms with Gasteiger partial charge in [-0.3, -0.25) is 4.79 Å². The first kappa shape index (κ1) is 16.7. The third kappa shape index (κ3) is 4.24. The Balaban J connectivity index is 1.74. The summed E-state index contributed by atoms with van der Waals surface area (Å²) in [5.41, 5.74) is 1.62. The minimum absolute atomic E-state index is 0.236. The lowest BCUT2D eigenvalue weighted by molar-refractivity contribution is 0.102. The maximum Gasteiger partial charge on any atom is 0.274 e. The van der Waals surface area contributed by atoms with Gasteiger partial charge >= 0.3 is 0 Å². The number of amides is 1. The maximum absolute atomic E-state index is 12.4. The molecule has 2 aromatic carbocycles. The van der Waals surface area contributed by atoms with Crippen LogP contribution in [0.3, 0.4) is 0 Å². The van der Waals surface area contributed by atoms with Crippen molar-refractivity contribution in [2.75, 3.05) is 17.7 Å². The number of ether oxygens (including phenoxy) is 1. The number of aromatic nitrogens is 2. The first-order chi connectivity index (χ1) is 12.2. The molecule has 0 unspecified atom stereocenters. The van der Waals surface area contributed by atoms with Crippen LogP contribution >= 0.6 is 11.6 Å². The molecule has 0 aliphatic carbocycles. The van der Waals surface area contributed by atoms with Crippen molar-refractivity contribution in [2.24, 2.45) is 0 Å². The minimum Gasteiger partial charge on any atom is -0.495 e. The van der Waals surface area contributed by atoms with E-state index in [1.165, 1.54) is 19.4 Å². The molecule has 1 aromatic heterocycles. The molecule has 0 saturated heterocycles. The molecule has 0 aliphatic heterocycles. The van der Waals surface area contributed by atoms with E-state index in [0.717, 1.165) is 5.69 Å². The van der Waals surface area contributed by atoms with E-state index < -0.39 is 0 Å². The van der Waals surface area contributed by atoms with Gasteiger partial charge < -0.3 is 15.4 Å². The summed E-state index contributed by atoms with van der Waals surface area (Å²) >= 11 is 6.06. The molecule has 0 radical (unpaired) electrons. The highest BCUT2D eigenvalue weighted by Gasteiger charge is 2.11. The standard InChI is InChI=1S/C18H15ClN4O2/c1-25-16-8-7-13(11-14(16)19)21-17(24)15-9-10-20-18(23-15)22-12-5-3-2-4-6-12/h2-11H,1H3,(H,21,24)(H,20,22,23). The second-order valence-electron chi connectivity index (χ2n) is 5.06. The van der Waals surface area contributed by atoms with Crippen LogP contribution in [0.2, 0.25) is 5.02 Å². The van der Waals surface area contributed by atoms with Crippen molar-refractivity contribution in [1.29, 1.82) is 0 Å². The second kappa shape index (κ2) is 7.63. The maximum atomic E-state index is 12.4. The van der Waals surface area contributed by atoms with Crippen LogP contribution in [0, 0.1) is 0 Å². The summed E-state index contributed by atoms with van der Waals surface area (Å²) in [5.74, 6) is 0.516. The SMILES string of the molecule is COc1ccc(NC(=O)c2ccnc(Nc3ccccc3)n2)cc1Cl. The Hall–Kier alpha value is -3.12. The predicted octanol–water partition coefficient (Wildman–Crippen LogP) is 4.13. The fourth-order valence-electron chi connectivity index (χ4n) is 2.14. The van der Waals surface area contributed by atoms with E-state index in [1.54, 1.807) is 18.2 Å². The number of carbonyl (C=O) groups is 1. The number of nitrogens with zero attached hydrogens (tertiary/aromatic N) is 2. The largest absolute Gasteiger partial charge is 0.495 e. The molecule has 0 saturated carbocycles. The van der Waals surface area contributed by atoms with Crippen LogP contribution in [0.25, 0.3) is 0 Å². The van der Waals surface area contributed by atoms with E-state index >= 15 is 0 Å². The van der Waals surface area contributed by atoms with Gasteiger partial charge in [0.05, 0.1) is 12.1 Å². The molecule has 6 nitrogen and oxygen atoms in total. The van der Waals surface area contributed by atoms with Gasteiger partial charge in [-0.2, -0.15) is 0 Å². The number of methoxy groups -OCH3 is 1. The molecule has 126 valence electrons. The van der Waals surface area contributed by atoms with Crippen molar-refractivity contribution < 1.29 is 9.53 Å². The Morgan fingerprint density at radius 1 is 1.08 bits per heavy atom. The first-order valence-electron chi connectivity index (χ1n) is 7.46. The Morgan fingerprint density at radius 3 is 2.60 bits per heavy atom. The second-order valence-corrected chi connectivity index (χ2v) is 5.47. The average molecular weight is 355 g/mol. The predicted molar refractivity (Wildman–Crippen MR) is 97.7 cm³/mol. The summed E-state index contributed by atoms with van der Waals surface area (Å²) in [4.78, 5) is 20.7. The van der Waals surface area contributed by atoms with Crippen LogP contribution in [-0.4, -0.2) is 23.0 Å². The van der Waals surface area contributed by atoms with Crippen LogP contribution in [-0.2, 0) is 0 Å². The number of hydrogen-bond acceptors (Lipinski definition) is 5. The topological polar surface area (TPSA) is 76.1 Å². The van der Waals surface area contributed by atoms with Crippen LogP contribution in [0.5, 0.6) is 5.75 Å². The molecule has 0 spiro atoms. The Bertz CT molecular complexity index is 887. The molecule has 3 aromatic rings. The van der Waals surface area contributed by atoms with E-state index in [2.05, 4.69) is 20.6 Å². The highest BCUT2D eigenvalue weighted by Crippen LogP contribution is 2.27. The highest BCUT2D eigenvalue weighted by atomic mass is 35.5. The summed E-state index contributed by atoms with van der Waals surface area (Å²) in [7, 11) is 1.53. The molecule has 7 heteroatoms. The van der Waals surface area contributed by atoms with Crippen molar-refractivity contribution in [3.8, 4) is 5.75 Å². The fourth-order valence-corrected chi connectivity index (χ4v) is 2.39. The molecule has 25 heavy (non-hydrogen) atoms. The molecule has 1 amide bonds. The van der Waals surface area contributed by atoms with Gasteiger partial charge in [0.2, 0.25) is 5.95 Å². The van der Waals surface area contributed by atoms with Crippen molar-refractivity contribution in [2.45, 2.75) is 0 Å². The van der Waals surface area contributed by atoms with Gasteiger partial charge in [-0.05, 0) is 36.4 Å². The lowest BCUT2D eigenvalue weighted by Gasteiger charge is -2.09. The number of rotatable bonds is 5. The summed E-state index contributed by atoms with van der Waals surface area (Å²) < 4.78 is 5.09. The molecule has 3 rings (SSSR count). The van der Waals surface area contributed by atoms with E-state index in [-0.39, 0.29) is 11.6 Å². The summed E-state index contributed by atoms with van der Waals surface area (Å²) in [6, 6.07) is 16.0. The molecule has 1 heterocycles. The van der Waals surface area contributed by atoms with Gasteiger partial charge in [0.1, 0.15) is 11.4 Å². The average Bonchev–Trinajstić information content (AvgIpc) is 2.63. The van der Waals surface area contributed by atoms with Gasteiger partial charge in [-0.25, -0.2) is 9.97 Å². The lowest BCUT2D eigenvalue weighted by atomic mass is 10.3. The number of anilines is 3. The molecule has 0 aliphatic rings. The number of hydrogen-bond donors (Lipinski definition) is 2. The zero-order valence-electron chi connectivity index (χ0n) is 13.4. The van der Waals surface area contributed by atoms with Crippen LogP contribution in [0.1, 0.15) is 10.5 Å². The summed E-state index contributed by atoms with van der Waals surface area (Å²) in [6.45, 7) is 0. The first-order valence-corrected chi connectivity index (χ1v) is 7.83. The van der Waals surface area contributed by atoms with E-state index in [1.807, 2.05) is 30.3 Å². The normalized spacial score (nSPS) is 10.2. The number of para-hydroxylation sites is 1. The minimum atomic E-state index is -0.361. The zero-order chi connectivity index (χ0) is 17.6. The molecule has 0 bridgehead atoms. The van der Waals surface area contributed by atoms with Gasteiger partial charge in [-0.15, -0.1) is 0 Å². The van der Waals surface area contributed by atoms with Crippen molar-refractivity contribution in [3.05, 3.63) is 71.5 Å². The number of halogens is 1. The molecule has 0 fully saturated rings. The Labute approximate surface area is 149 Å². The van der Waals surface area contributed by atoms with E-state index in [4.69, 9.17) is 16.3 Å². The van der Waals surface area contributed by atoms with Crippen molar-refractivity contribution in [3.63, 3.8) is 0 Å². The molecule has 0 atom stereocenters. The number of nitrogens with one attached hydrogen (secondary N) is 2. The lowest BCUT2D eigenvalue weighted by Crippen LogP contribution is -2.14. The molecular formula is C18H15ClN4O2. The Morgan fingerprint density at radius 2 is 1.88 bits per heavy atom. The van der Waals surface area contributed by atoms with Crippen LogP contribution in [0.15, 0.2) is 60.8 Å². The summed E-state index contributed by atoms with van der Waals surface area (Å²) in [5, 5.41) is 6.20. The third-order valence-corrected chi connectivity index (χ3v) is 3.62. The smallest absolute Gasteiger partial charge is 0.274 e. The van der Waals surface area contributed by atoms with E-state index in [0.29, 0.717) is 22.4 Å². The van der Waals surface area contributed by atoms with Gasteiger partial charge in [0, 0.05) is 17.6 Å². The van der Waals surface area contributed by atoms with Gasteiger partial charge in [0.15, 0.2) is 0 Å². The fraction of sp³-hybridized carbons (Fsp3) is 0.0556. The number of carbonyl (C=O) groups excluding carboxylic acids is 1. The van der Waals surface area contributed by atoms with Gasteiger partial charge in [-0.1, -0.05) is 29.8 Å². The van der Waals surface area contributed by atoms with Crippen molar-refractivity contribution >= 4 is 34.8 Å². The van der Waals surface area contributed by atoms with Crippen molar-refractivity contribution in [1.82, 2.24) is 9.97 Å². The van der Waals surface area contributed by atoms with E-state index in [9.17, 15) is 4.79 Å².